The van der Waals surface area contributed by atoms with Crippen molar-refractivity contribution in [2.24, 2.45) is 0 Å². The molecule has 0 unspecified atom stereocenters. The van der Waals surface area contributed by atoms with Crippen molar-refractivity contribution < 1.29 is 14.6 Å². The Hall–Kier alpha value is -1.56. The third-order valence-corrected chi connectivity index (χ3v) is 4.94. The molecule has 0 saturated heterocycles. The maximum atomic E-state index is 10.1. The van der Waals surface area contributed by atoms with Gasteiger partial charge >= 0.3 is 0 Å². The van der Waals surface area contributed by atoms with Gasteiger partial charge in [0.15, 0.2) is 11.5 Å². The molecule has 4 nitrogen and oxygen atoms in total. The Bertz CT molecular complexity index is 655. The fraction of sp³-hybridized carbons (Fsp3) is 0.444. The van der Waals surface area contributed by atoms with Gasteiger partial charge in [-0.15, -0.1) is 11.3 Å². The summed E-state index contributed by atoms with van der Waals surface area (Å²) in [7, 11) is 0. The van der Waals surface area contributed by atoms with Crippen LogP contribution in [0.4, 0.5) is 0 Å². The standard InChI is InChI=1S/C18H23NO3S/c1-3-15(20)10-19(11-16-6-4-13(2)23-16)9-14-5-7-17-18(8-14)22-12-21-17/h4-8,15,20H,3,9-12H2,1-2H3/t15-/m0/s1. The summed E-state index contributed by atoms with van der Waals surface area (Å²) >= 11 is 1.81. The van der Waals surface area contributed by atoms with Crippen molar-refractivity contribution in [1.82, 2.24) is 4.90 Å². The molecule has 0 fully saturated rings. The maximum Gasteiger partial charge on any atom is 0.231 e. The fourth-order valence-electron chi connectivity index (χ4n) is 2.70. The second kappa shape index (κ2) is 7.34. The van der Waals surface area contributed by atoms with Crippen LogP contribution in [0.3, 0.4) is 0 Å². The van der Waals surface area contributed by atoms with Gasteiger partial charge in [-0.2, -0.15) is 0 Å². The largest absolute Gasteiger partial charge is 0.454 e. The van der Waals surface area contributed by atoms with E-state index in [-0.39, 0.29) is 6.10 Å². The molecule has 5 heteroatoms. The van der Waals surface area contributed by atoms with Gasteiger partial charge in [-0.3, -0.25) is 4.90 Å². The summed E-state index contributed by atoms with van der Waals surface area (Å²) in [6.07, 6.45) is 0.464. The third-order valence-electron chi connectivity index (χ3n) is 3.96. The summed E-state index contributed by atoms with van der Waals surface area (Å²) in [5.41, 5.74) is 1.17. The molecule has 0 aliphatic carbocycles. The molecule has 23 heavy (non-hydrogen) atoms. The van der Waals surface area contributed by atoms with Crippen molar-refractivity contribution >= 4 is 11.3 Å². The van der Waals surface area contributed by atoms with Gasteiger partial charge < -0.3 is 14.6 Å². The molecule has 0 amide bonds. The van der Waals surface area contributed by atoms with Crippen LogP contribution in [-0.2, 0) is 13.1 Å². The van der Waals surface area contributed by atoms with Crippen molar-refractivity contribution in [3.63, 3.8) is 0 Å². The van der Waals surface area contributed by atoms with Crippen LogP contribution in [0, 0.1) is 6.92 Å². The van der Waals surface area contributed by atoms with Gasteiger partial charge in [0.2, 0.25) is 6.79 Å². The Kier molecular flexibility index (Phi) is 5.20. The Balaban J connectivity index is 1.72. The summed E-state index contributed by atoms with van der Waals surface area (Å²) in [6.45, 7) is 6.73. The van der Waals surface area contributed by atoms with Crippen LogP contribution >= 0.6 is 11.3 Å². The molecule has 0 bridgehead atoms. The summed E-state index contributed by atoms with van der Waals surface area (Å²) in [5, 5.41) is 10.1. The Morgan fingerprint density at radius 1 is 1.17 bits per heavy atom. The summed E-state index contributed by atoms with van der Waals surface area (Å²) in [4.78, 5) is 4.93. The van der Waals surface area contributed by atoms with E-state index in [4.69, 9.17) is 9.47 Å². The minimum Gasteiger partial charge on any atom is -0.454 e. The van der Waals surface area contributed by atoms with Gasteiger partial charge in [-0.05, 0) is 43.2 Å². The predicted molar refractivity (Wildman–Crippen MR) is 92.0 cm³/mol. The molecule has 1 atom stereocenters. The van der Waals surface area contributed by atoms with E-state index in [2.05, 4.69) is 30.0 Å². The first-order chi connectivity index (χ1) is 11.1. The zero-order valence-corrected chi connectivity index (χ0v) is 14.4. The molecular formula is C18H23NO3S. The van der Waals surface area contributed by atoms with Crippen molar-refractivity contribution in [2.45, 2.75) is 39.5 Å². The maximum absolute atomic E-state index is 10.1. The highest BCUT2D eigenvalue weighted by atomic mass is 32.1. The van der Waals surface area contributed by atoms with Crippen LogP contribution in [0.15, 0.2) is 30.3 Å². The number of aryl methyl sites for hydroxylation is 1. The minimum atomic E-state index is -0.301. The van der Waals surface area contributed by atoms with E-state index in [1.807, 2.05) is 30.4 Å². The number of ether oxygens (including phenoxy) is 2. The number of hydrogen-bond acceptors (Lipinski definition) is 5. The monoisotopic (exact) mass is 333 g/mol. The van der Waals surface area contributed by atoms with Gasteiger partial charge in [-0.25, -0.2) is 0 Å². The van der Waals surface area contributed by atoms with Crippen LogP contribution in [-0.4, -0.2) is 29.4 Å². The quantitative estimate of drug-likeness (QED) is 0.841. The van der Waals surface area contributed by atoms with Crippen LogP contribution in [0.5, 0.6) is 11.5 Å². The molecule has 1 aromatic heterocycles. The zero-order valence-electron chi connectivity index (χ0n) is 13.6. The first-order valence-corrected chi connectivity index (χ1v) is 8.80. The second-order valence-corrected chi connectivity index (χ2v) is 7.30. The van der Waals surface area contributed by atoms with Crippen molar-refractivity contribution in [1.29, 1.82) is 0 Å². The molecule has 1 aliphatic heterocycles. The van der Waals surface area contributed by atoms with E-state index in [0.29, 0.717) is 13.3 Å². The average Bonchev–Trinajstić information content (AvgIpc) is 3.15. The Morgan fingerprint density at radius 3 is 2.74 bits per heavy atom. The lowest BCUT2D eigenvalue weighted by Crippen LogP contribution is -2.31. The number of benzene rings is 1. The SMILES string of the molecule is CC[C@H](O)CN(Cc1ccc2c(c1)OCO2)Cc1ccc(C)s1. The Labute approximate surface area is 141 Å². The minimum absolute atomic E-state index is 0.297. The van der Waals surface area contributed by atoms with Gasteiger partial charge in [0, 0.05) is 29.4 Å². The van der Waals surface area contributed by atoms with Crippen molar-refractivity contribution in [3.05, 3.63) is 45.6 Å². The first kappa shape index (κ1) is 16.3. The molecule has 124 valence electrons. The predicted octanol–water partition coefficient (Wildman–Crippen LogP) is 3.56. The lowest BCUT2D eigenvalue weighted by molar-refractivity contribution is 0.102. The number of thiophene rings is 1. The van der Waals surface area contributed by atoms with Gasteiger partial charge in [0.25, 0.3) is 0 Å². The van der Waals surface area contributed by atoms with Gasteiger partial charge in [-0.1, -0.05) is 13.0 Å². The smallest absolute Gasteiger partial charge is 0.231 e. The second-order valence-electron chi connectivity index (χ2n) is 5.93. The van der Waals surface area contributed by atoms with Crippen LogP contribution in [0.25, 0.3) is 0 Å². The summed E-state index contributed by atoms with van der Waals surface area (Å²) in [5.74, 6) is 1.62. The topological polar surface area (TPSA) is 41.9 Å². The molecule has 1 aromatic carbocycles. The van der Waals surface area contributed by atoms with E-state index < -0.39 is 0 Å². The molecule has 1 N–H and O–H groups in total. The lowest BCUT2D eigenvalue weighted by atomic mass is 10.1. The highest BCUT2D eigenvalue weighted by molar-refractivity contribution is 7.11. The van der Waals surface area contributed by atoms with Crippen LogP contribution < -0.4 is 9.47 Å². The summed E-state index contributed by atoms with van der Waals surface area (Å²) < 4.78 is 10.8. The third kappa shape index (κ3) is 4.25. The normalized spacial score (nSPS) is 14.4. The molecule has 0 spiro atoms. The number of hydrogen-bond donors (Lipinski definition) is 1. The van der Waals surface area contributed by atoms with Crippen LogP contribution in [0.1, 0.15) is 28.7 Å². The van der Waals surface area contributed by atoms with E-state index in [9.17, 15) is 5.11 Å². The van der Waals surface area contributed by atoms with Crippen molar-refractivity contribution in [3.8, 4) is 11.5 Å². The van der Waals surface area contributed by atoms with E-state index in [1.165, 1.54) is 15.3 Å². The number of aliphatic hydroxyl groups is 1. The van der Waals surface area contributed by atoms with E-state index in [0.717, 1.165) is 31.0 Å². The highest BCUT2D eigenvalue weighted by Gasteiger charge is 2.16. The average molecular weight is 333 g/mol. The molecule has 2 heterocycles. The zero-order chi connectivity index (χ0) is 16.2. The number of rotatable bonds is 7. The Morgan fingerprint density at radius 2 is 2.00 bits per heavy atom. The van der Waals surface area contributed by atoms with Crippen LogP contribution in [0.2, 0.25) is 0 Å². The van der Waals surface area contributed by atoms with Crippen molar-refractivity contribution in [2.75, 3.05) is 13.3 Å². The molecule has 1 aliphatic rings. The number of nitrogens with zero attached hydrogens (tertiary/aromatic N) is 1. The van der Waals surface area contributed by atoms with Gasteiger partial charge in [0.05, 0.1) is 6.10 Å². The van der Waals surface area contributed by atoms with E-state index in [1.54, 1.807) is 0 Å². The summed E-state index contributed by atoms with van der Waals surface area (Å²) in [6, 6.07) is 10.4. The number of aliphatic hydroxyl groups excluding tert-OH is 1. The fourth-order valence-corrected chi connectivity index (χ4v) is 3.63. The molecule has 2 aromatic rings. The highest BCUT2D eigenvalue weighted by Crippen LogP contribution is 2.33. The lowest BCUT2D eigenvalue weighted by Gasteiger charge is -2.24. The van der Waals surface area contributed by atoms with E-state index >= 15 is 0 Å². The molecular weight excluding hydrogens is 310 g/mol. The first-order valence-electron chi connectivity index (χ1n) is 7.98. The molecule has 0 radical (unpaired) electrons. The molecule has 3 rings (SSSR count). The number of fused-ring (bicyclic) bond motifs is 1. The molecule has 0 saturated carbocycles. The van der Waals surface area contributed by atoms with Gasteiger partial charge in [0.1, 0.15) is 0 Å².